The fraction of sp³-hybridized carbons (Fsp3) is 0.692. The summed E-state index contributed by atoms with van der Waals surface area (Å²) in [6.07, 6.45) is 1.71. The fourth-order valence-corrected chi connectivity index (χ4v) is 5.66. The third-order valence-electron chi connectivity index (χ3n) is 3.75. The lowest BCUT2D eigenvalue weighted by Gasteiger charge is -2.28. The Hall–Kier alpha value is -0.470. The van der Waals surface area contributed by atoms with Crippen molar-refractivity contribution in [2.75, 3.05) is 26.7 Å². The van der Waals surface area contributed by atoms with E-state index in [1.165, 1.54) is 11.3 Å². The number of nitrogens with zero attached hydrogens (tertiary/aromatic N) is 2. The third kappa shape index (κ3) is 3.23. The zero-order valence-electron chi connectivity index (χ0n) is 12.1. The first-order chi connectivity index (χ1) is 9.48. The minimum atomic E-state index is -3.39. The van der Waals surface area contributed by atoms with Crippen molar-refractivity contribution in [3.8, 4) is 0 Å². The SMILES string of the molecule is CCC1CN(C)CCCN1S(=O)(=O)c1cc(CN)cs1. The van der Waals surface area contributed by atoms with E-state index < -0.39 is 10.0 Å². The van der Waals surface area contributed by atoms with Gasteiger partial charge < -0.3 is 10.6 Å². The summed E-state index contributed by atoms with van der Waals surface area (Å²) in [7, 11) is -1.34. The van der Waals surface area contributed by atoms with Crippen molar-refractivity contribution in [1.82, 2.24) is 9.21 Å². The molecule has 2 heterocycles. The van der Waals surface area contributed by atoms with Crippen LogP contribution in [0, 0.1) is 0 Å². The molecule has 0 radical (unpaired) electrons. The first-order valence-corrected chi connectivity index (χ1v) is 9.29. The topological polar surface area (TPSA) is 66.6 Å². The second-order valence-corrected chi connectivity index (χ2v) is 8.30. The van der Waals surface area contributed by atoms with Crippen LogP contribution >= 0.6 is 11.3 Å². The van der Waals surface area contributed by atoms with Gasteiger partial charge in [0.05, 0.1) is 0 Å². The lowest BCUT2D eigenvalue weighted by Crippen LogP contribution is -2.43. The molecule has 1 atom stereocenters. The van der Waals surface area contributed by atoms with E-state index >= 15 is 0 Å². The normalized spacial score (nSPS) is 22.9. The Morgan fingerprint density at radius 2 is 2.20 bits per heavy atom. The Morgan fingerprint density at radius 3 is 2.80 bits per heavy atom. The molecular formula is C13H23N3O2S2. The van der Waals surface area contributed by atoms with E-state index in [4.69, 9.17) is 5.73 Å². The third-order valence-corrected chi connectivity index (χ3v) is 7.16. The summed E-state index contributed by atoms with van der Waals surface area (Å²) in [6, 6.07) is 1.76. The molecule has 114 valence electrons. The van der Waals surface area contributed by atoms with Gasteiger partial charge in [0.2, 0.25) is 0 Å². The van der Waals surface area contributed by atoms with Crippen molar-refractivity contribution in [3.63, 3.8) is 0 Å². The first-order valence-electron chi connectivity index (χ1n) is 6.97. The standard InChI is InChI=1S/C13H23N3O2S2/c1-3-12-9-15(2)5-4-6-16(12)20(17,18)13-7-11(8-14)10-19-13/h7,10,12H,3-6,8-9,14H2,1-2H3. The number of sulfonamides is 1. The molecule has 1 aliphatic rings. The second-order valence-electron chi connectivity index (χ2n) is 5.27. The summed E-state index contributed by atoms with van der Waals surface area (Å²) in [4.78, 5) is 2.21. The molecule has 0 aromatic carbocycles. The monoisotopic (exact) mass is 317 g/mol. The Morgan fingerprint density at radius 1 is 1.45 bits per heavy atom. The summed E-state index contributed by atoms with van der Waals surface area (Å²) < 4.78 is 27.7. The molecule has 7 heteroatoms. The fourth-order valence-electron chi connectivity index (χ4n) is 2.58. The Kier molecular flexibility index (Phi) is 5.19. The Balaban J connectivity index is 2.30. The van der Waals surface area contributed by atoms with Crippen LogP contribution in [-0.2, 0) is 16.6 Å². The lowest BCUT2D eigenvalue weighted by molar-refractivity contribution is 0.270. The van der Waals surface area contributed by atoms with Crippen LogP contribution in [0.4, 0.5) is 0 Å². The first kappa shape index (κ1) is 15.9. The van der Waals surface area contributed by atoms with Gasteiger partial charge in [-0.1, -0.05) is 6.92 Å². The van der Waals surface area contributed by atoms with Gasteiger partial charge in [-0.25, -0.2) is 8.42 Å². The highest BCUT2D eigenvalue weighted by atomic mass is 32.2. The maximum absolute atomic E-state index is 12.8. The maximum Gasteiger partial charge on any atom is 0.252 e. The molecule has 1 aromatic heterocycles. The van der Waals surface area contributed by atoms with Crippen LogP contribution in [-0.4, -0.2) is 50.3 Å². The molecule has 0 bridgehead atoms. The highest BCUT2D eigenvalue weighted by molar-refractivity contribution is 7.91. The van der Waals surface area contributed by atoms with Crippen LogP contribution in [0.15, 0.2) is 15.7 Å². The largest absolute Gasteiger partial charge is 0.326 e. The van der Waals surface area contributed by atoms with E-state index in [9.17, 15) is 8.42 Å². The number of thiophene rings is 1. The molecule has 5 nitrogen and oxygen atoms in total. The summed E-state index contributed by atoms with van der Waals surface area (Å²) in [5.74, 6) is 0. The minimum Gasteiger partial charge on any atom is -0.326 e. The van der Waals surface area contributed by atoms with Gasteiger partial charge in [0, 0.05) is 25.7 Å². The van der Waals surface area contributed by atoms with Crippen molar-refractivity contribution in [3.05, 3.63) is 17.0 Å². The van der Waals surface area contributed by atoms with E-state index in [2.05, 4.69) is 11.9 Å². The van der Waals surface area contributed by atoms with Crippen molar-refractivity contribution in [2.24, 2.45) is 5.73 Å². The molecule has 1 saturated heterocycles. The van der Waals surface area contributed by atoms with Crippen LogP contribution in [0.5, 0.6) is 0 Å². The molecule has 0 amide bonds. The van der Waals surface area contributed by atoms with Gasteiger partial charge in [0.1, 0.15) is 4.21 Å². The van der Waals surface area contributed by atoms with Gasteiger partial charge in [-0.2, -0.15) is 4.31 Å². The van der Waals surface area contributed by atoms with Crippen molar-refractivity contribution >= 4 is 21.4 Å². The van der Waals surface area contributed by atoms with E-state index in [1.807, 2.05) is 12.3 Å². The smallest absolute Gasteiger partial charge is 0.252 e. The zero-order valence-corrected chi connectivity index (χ0v) is 13.7. The summed E-state index contributed by atoms with van der Waals surface area (Å²) in [5, 5.41) is 1.83. The molecule has 1 aromatic rings. The number of hydrogen-bond acceptors (Lipinski definition) is 5. The number of likely N-dealkylation sites (N-methyl/N-ethyl adjacent to an activating group) is 1. The molecule has 0 spiro atoms. The molecule has 1 aliphatic heterocycles. The van der Waals surface area contributed by atoms with Crippen LogP contribution < -0.4 is 5.73 Å². The summed E-state index contributed by atoms with van der Waals surface area (Å²) in [6.45, 7) is 4.77. The molecule has 2 rings (SSSR count). The predicted molar refractivity (Wildman–Crippen MR) is 82.3 cm³/mol. The zero-order chi connectivity index (χ0) is 14.8. The molecule has 0 saturated carbocycles. The van der Waals surface area contributed by atoms with Gasteiger partial charge in [-0.15, -0.1) is 11.3 Å². The van der Waals surface area contributed by atoms with Gasteiger partial charge in [0.25, 0.3) is 10.0 Å². The number of rotatable bonds is 4. The van der Waals surface area contributed by atoms with Crippen LogP contribution in [0.3, 0.4) is 0 Å². The maximum atomic E-state index is 12.8. The second kappa shape index (κ2) is 6.53. The van der Waals surface area contributed by atoms with Crippen molar-refractivity contribution < 1.29 is 8.42 Å². The molecule has 1 unspecified atom stereocenters. The summed E-state index contributed by atoms with van der Waals surface area (Å²) in [5.41, 5.74) is 6.46. The Bertz CT molecular complexity index is 542. The van der Waals surface area contributed by atoms with Crippen LogP contribution in [0.2, 0.25) is 0 Å². The van der Waals surface area contributed by atoms with Gasteiger partial charge >= 0.3 is 0 Å². The summed E-state index contributed by atoms with van der Waals surface area (Å²) >= 11 is 1.27. The number of nitrogens with two attached hydrogens (primary N) is 1. The van der Waals surface area contributed by atoms with Crippen molar-refractivity contribution in [2.45, 2.75) is 36.6 Å². The van der Waals surface area contributed by atoms with Crippen molar-refractivity contribution in [1.29, 1.82) is 0 Å². The average Bonchev–Trinajstić information content (AvgIpc) is 2.83. The van der Waals surface area contributed by atoms with Gasteiger partial charge in [0.15, 0.2) is 0 Å². The predicted octanol–water partition coefficient (Wildman–Crippen LogP) is 1.31. The number of hydrogen-bond donors (Lipinski definition) is 1. The highest BCUT2D eigenvalue weighted by Crippen LogP contribution is 2.27. The van der Waals surface area contributed by atoms with Crippen LogP contribution in [0.25, 0.3) is 0 Å². The van der Waals surface area contributed by atoms with E-state index in [0.29, 0.717) is 17.3 Å². The van der Waals surface area contributed by atoms with E-state index in [1.54, 1.807) is 10.4 Å². The lowest BCUT2D eigenvalue weighted by atomic mass is 10.2. The quantitative estimate of drug-likeness (QED) is 0.909. The molecule has 20 heavy (non-hydrogen) atoms. The minimum absolute atomic E-state index is 0.0518. The van der Waals surface area contributed by atoms with E-state index in [0.717, 1.165) is 31.5 Å². The van der Waals surface area contributed by atoms with E-state index in [-0.39, 0.29) is 6.04 Å². The van der Waals surface area contributed by atoms with Crippen LogP contribution in [0.1, 0.15) is 25.3 Å². The highest BCUT2D eigenvalue weighted by Gasteiger charge is 2.33. The molecule has 1 fully saturated rings. The Labute approximate surface area is 125 Å². The van der Waals surface area contributed by atoms with Gasteiger partial charge in [-0.3, -0.25) is 0 Å². The van der Waals surface area contributed by atoms with Gasteiger partial charge in [-0.05, 0) is 43.4 Å². The average molecular weight is 317 g/mol. The molecule has 0 aliphatic carbocycles. The molecule has 2 N–H and O–H groups in total. The molecular weight excluding hydrogens is 294 g/mol.